The van der Waals surface area contributed by atoms with Crippen LogP contribution in [0.1, 0.15) is 28.9 Å². The van der Waals surface area contributed by atoms with Crippen molar-refractivity contribution in [1.29, 1.82) is 0 Å². The largest absolute Gasteiger partial charge is 0.462 e. The molecule has 9 nitrogen and oxygen atoms in total. The Morgan fingerprint density at radius 2 is 2.14 bits per heavy atom. The number of fused-ring (bicyclic) bond motifs is 2. The molecule has 29 heavy (non-hydrogen) atoms. The molecule has 0 aliphatic rings. The third-order valence-electron chi connectivity index (χ3n) is 4.01. The number of pyridine rings is 1. The van der Waals surface area contributed by atoms with Crippen molar-refractivity contribution in [3.8, 4) is 0 Å². The molecule has 0 aromatic carbocycles. The number of hydrogen-bond donors (Lipinski definition) is 1. The van der Waals surface area contributed by atoms with E-state index in [4.69, 9.17) is 38.1 Å². The van der Waals surface area contributed by atoms with Crippen molar-refractivity contribution in [2.24, 2.45) is 0 Å². The number of furan rings is 1. The molecule has 0 atom stereocenters. The van der Waals surface area contributed by atoms with E-state index in [2.05, 4.69) is 20.2 Å². The summed E-state index contributed by atoms with van der Waals surface area (Å²) in [6.07, 6.45) is 1.67. The smallest absolute Gasteiger partial charge is 0.342 e. The van der Waals surface area contributed by atoms with E-state index < -0.39 is 5.97 Å². The third-order valence-corrected chi connectivity index (χ3v) is 5.43. The fourth-order valence-corrected chi connectivity index (χ4v) is 4.10. The molecule has 4 heterocycles. The second-order valence-corrected chi connectivity index (χ2v) is 7.72. The maximum absolute atomic E-state index is 12.2. The second kappa shape index (κ2) is 7.69. The number of ether oxygens (including phenoxy) is 1. The monoisotopic (exact) mass is 452 g/mol. The molecule has 150 valence electrons. The zero-order chi connectivity index (χ0) is 20.7. The SMILES string of the molecule is CCOC(=O)c1c(C)oc2nc(CSc3nnc4c(Cl)cc(Cl)cn34)nc(N)c12. The van der Waals surface area contributed by atoms with Crippen LogP contribution < -0.4 is 5.73 Å². The van der Waals surface area contributed by atoms with Crippen molar-refractivity contribution in [3.05, 3.63) is 39.5 Å². The number of halogens is 2. The molecular formula is C17H14Cl2N6O3S. The van der Waals surface area contributed by atoms with Crippen molar-refractivity contribution in [3.63, 3.8) is 0 Å². The van der Waals surface area contributed by atoms with Crippen LogP contribution in [-0.2, 0) is 10.5 Å². The molecule has 0 aliphatic carbocycles. The first-order valence-corrected chi connectivity index (χ1v) is 10.2. The van der Waals surface area contributed by atoms with E-state index in [1.165, 1.54) is 11.8 Å². The molecule has 12 heteroatoms. The average molecular weight is 453 g/mol. The molecule has 0 saturated heterocycles. The Bertz CT molecular complexity index is 1260. The van der Waals surface area contributed by atoms with Gasteiger partial charge in [0.25, 0.3) is 0 Å². The summed E-state index contributed by atoms with van der Waals surface area (Å²) in [5, 5.41) is 9.95. The second-order valence-electron chi connectivity index (χ2n) is 5.93. The van der Waals surface area contributed by atoms with Gasteiger partial charge in [-0.3, -0.25) is 4.40 Å². The lowest BCUT2D eigenvalue weighted by atomic mass is 10.2. The van der Waals surface area contributed by atoms with Crippen LogP contribution in [0.25, 0.3) is 16.7 Å². The van der Waals surface area contributed by atoms with Gasteiger partial charge in [0.15, 0.2) is 10.8 Å². The van der Waals surface area contributed by atoms with E-state index in [0.29, 0.717) is 43.6 Å². The van der Waals surface area contributed by atoms with Crippen LogP contribution in [0.15, 0.2) is 21.8 Å². The van der Waals surface area contributed by atoms with Gasteiger partial charge in [-0.05, 0) is 19.9 Å². The molecule has 2 N–H and O–H groups in total. The first-order chi connectivity index (χ1) is 13.9. The van der Waals surface area contributed by atoms with E-state index in [9.17, 15) is 4.79 Å². The first-order valence-electron chi connectivity index (χ1n) is 8.44. The van der Waals surface area contributed by atoms with Crippen molar-refractivity contribution < 1.29 is 13.9 Å². The van der Waals surface area contributed by atoms with Crippen molar-refractivity contribution in [1.82, 2.24) is 24.6 Å². The van der Waals surface area contributed by atoms with E-state index in [1.54, 1.807) is 30.5 Å². The minimum atomic E-state index is -0.523. The van der Waals surface area contributed by atoms with E-state index in [0.717, 1.165) is 0 Å². The number of carbonyl (C=O) groups is 1. The van der Waals surface area contributed by atoms with Crippen LogP contribution in [-0.4, -0.2) is 37.1 Å². The Morgan fingerprint density at radius 1 is 1.34 bits per heavy atom. The fourth-order valence-electron chi connectivity index (χ4n) is 2.83. The molecule has 4 aromatic rings. The highest BCUT2D eigenvalue weighted by Crippen LogP contribution is 2.31. The lowest BCUT2D eigenvalue weighted by Gasteiger charge is -2.04. The minimum Gasteiger partial charge on any atom is -0.462 e. The number of hydrogen-bond acceptors (Lipinski definition) is 9. The highest BCUT2D eigenvalue weighted by Gasteiger charge is 2.24. The van der Waals surface area contributed by atoms with Gasteiger partial charge in [0, 0.05) is 6.20 Å². The molecule has 4 rings (SSSR count). The van der Waals surface area contributed by atoms with Gasteiger partial charge < -0.3 is 14.9 Å². The molecule has 0 bridgehead atoms. The molecule has 0 fully saturated rings. The zero-order valence-corrected chi connectivity index (χ0v) is 17.6. The Balaban J connectivity index is 1.65. The Hall–Kier alpha value is -2.56. The van der Waals surface area contributed by atoms with Gasteiger partial charge in [0.1, 0.15) is 23.0 Å². The fraction of sp³-hybridized carbons (Fsp3) is 0.235. The number of thioether (sulfide) groups is 1. The summed E-state index contributed by atoms with van der Waals surface area (Å²) in [4.78, 5) is 20.9. The topological polar surface area (TPSA) is 121 Å². The first kappa shape index (κ1) is 19.7. The summed E-state index contributed by atoms with van der Waals surface area (Å²) in [5.41, 5.74) is 7.05. The quantitative estimate of drug-likeness (QED) is 0.354. The van der Waals surface area contributed by atoms with Crippen molar-refractivity contribution >= 4 is 63.5 Å². The van der Waals surface area contributed by atoms with Gasteiger partial charge >= 0.3 is 5.97 Å². The van der Waals surface area contributed by atoms with Gasteiger partial charge in [-0.15, -0.1) is 10.2 Å². The van der Waals surface area contributed by atoms with Crippen LogP contribution in [0.2, 0.25) is 10.0 Å². The van der Waals surface area contributed by atoms with Crippen LogP contribution in [0.4, 0.5) is 5.82 Å². The summed E-state index contributed by atoms with van der Waals surface area (Å²) in [7, 11) is 0. The standard InChI is InChI=1S/C17H14Cl2N6O3S/c1-3-27-16(26)11-7(2)28-15-12(11)13(20)21-10(22-15)6-29-17-24-23-14-9(19)4-8(18)5-25(14)17/h4-5H,3,6H2,1-2H3,(H2,20,21,22). The van der Waals surface area contributed by atoms with Crippen molar-refractivity contribution in [2.75, 3.05) is 12.3 Å². The number of carbonyl (C=O) groups excluding carboxylic acids is 1. The van der Waals surface area contributed by atoms with Crippen molar-refractivity contribution in [2.45, 2.75) is 24.8 Å². The maximum atomic E-state index is 12.2. The molecule has 0 saturated carbocycles. The number of aryl methyl sites for hydroxylation is 1. The summed E-state index contributed by atoms with van der Waals surface area (Å²) >= 11 is 13.5. The van der Waals surface area contributed by atoms with Crippen LogP contribution in [0, 0.1) is 6.92 Å². The van der Waals surface area contributed by atoms with Gasteiger partial charge in [-0.2, -0.15) is 4.98 Å². The molecular weight excluding hydrogens is 439 g/mol. The van der Waals surface area contributed by atoms with Crippen LogP contribution in [0.5, 0.6) is 0 Å². The minimum absolute atomic E-state index is 0.141. The van der Waals surface area contributed by atoms with E-state index >= 15 is 0 Å². The lowest BCUT2D eigenvalue weighted by molar-refractivity contribution is 0.0526. The summed E-state index contributed by atoms with van der Waals surface area (Å²) < 4.78 is 12.4. The number of nitrogen functional groups attached to an aromatic ring is 1. The predicted molar refractivity (Wildman–Crippen MR) is 109 cm³/mol. The number of rotatable bonds is 5. The Labute approximate surface area is 178 Å². The predicted octanol–water partition coefficient (Wildman–Crippen LogP) is 3.93. The lowest BCUT2D eigenvalue weighted by Crippen LogP contribution is -2.07. The maximum Gasteiger partial charge on any atom is 0.342 e. The Morgan fingerprint density at radius 3 is 2.90 bits per heavy atom. The van der Waals surface area contributed by atoms with Crippen LogP contribution >= 0.6 is 35.0 Å². The summed E-state index contributed by atoms with van der Waals surface area (Å²) in [6, 6.07) is 1.60. The van der Waals surface area contributed by atoms with Gasteiger partial charge in [0.2, 0.25) is 5.71 Å². The number of nitrogens with two attached hydrogens (primary N) is 1. The molecule has 0 radical (unpaired) electrons. The summed E-state index contributed by atoms with van der Waals surface area (Å²) in [6.45, 7) is 3.61. The normalized spacial score (nSPS) is 11.4. The van der Waals surface area contributed by atoms with E-state index in [1.807, 2.05) is 0 Å². The zero-order valence-electron chi connectivity index (χ0n) is 15.3. The average Bonchev–Trinajstić information content (AvgIpc) is 3.20. The van der Waals surface area contributed by atoms with Gasteiger partial charge in [0.05, 0.1) is 27.8 Å². The number of anilines is 1. The van der Waals surface area contributed by atoms with Crippen LogP contribution in [0.3, 0.4) is 0 Å². The highest BCUT2D eigenvalue weighted by molar-refractivity contribution is 7.98. The molecule has 0 aliphatic heterocycles. The van der Waals surface area contributed by atoms with E-state index in [-0.39, 0.29) is 23.7 Å². The Kier molecular flexibility index (Phi) is 5.24. The van der Waals surface area contributed by atoms with Gasteiger partial charge in [-0.25, -0.2) is 9.78 Å². The molecule has 0 unspecified atom stereocenters. The molecule has 4 aromatic heterocycles. The number of esters is 1. The van der Waals surface area contributed by atoms with Gasteiger partial charge in [-0.1, -0.05) is 35.0 Å². The molecule has 0 amide bonds. The number of nitrogens with zero attached hydrogens (tertiary/aromatic N) is 5. The number of aromatic nitrogens is 5. The third kappa shape index (κ3) is 3.59. The molecule has 0 spiro atoms. The summed E-state index contributed by atoms with van der Waals surface area (Å²) in [5.74, 6) is 0.734. The highest BCUT2D eigenvalue weighted by atomic mass is 35.5.